The normalized spacial score (nSPS) is 13.1. The third kappa shape index (κ3) is 4.82. The molecular weight excluding hydrogens is 282 g/mol. The predicted molar refractivity (Wildman–Crippen MR) is 63.9 cm³/mol. The number of carboxylic acid groups (broad SMARTS) is 2. The minimum absolute atomic E-state index is 0.445. The van der Waals surface area contributed by atoms with E-state index in [1.165, 1.54) is 11.3 Å². The third-order valence-electron chi connectivity index (χ3n) is 1.90. The van der Waals surface area contributed by atoms with Gasteiger partial charge in [-0.15, -0.1) is 11.3 Å². The molecule has 1 heterocycles. The first-order chi connectivity index (χ1) is 8.30. The van der Waals surface area contributed by atoms with Gasteiger partial charge in [-0.3, -0.25) is 9.59 Å². The average Bonchev–Trinajstić information content (AvgIpc) is 2.64. The molecule has 1 aromatic heterocycles. The average molecular weight is 293 g/mol. The number of carboxylic acids is 2. The Morgan fingerprint density at radius 2 is 2.00 bits per heavy atom. The van der Waals surface area contributed by atoms with Crippen molar-refractivity contribution in [1.82, 2.24) is 4.72 Å². The number of thiophene rings is 1. The minimum Gasteiger partial charge on any atom is -0.481 e. The number of hydrogen-bond acceptors (Lipinski definition) is 5. The van der Waals surface area contributed by atoms with Gasteiger partial charge in [0.1, 0.15) is 0 Å². The second-order valence-electron chi connectivity index (χ2n) is 3.44. The van der Waals surface area contributed by atoms with Crippen LogP contribution >= 0.6 is 11.3 Å². The Hall–Kier alpha value is -1.45. The van der Waals surface area contributed by atoms with Crippen LogP contribution in [0.4, 0.5) is 0 Å². The molecule has 0 saturated heterocycles. The second-order valence-corrected chi connectivity index (χ2v) is 6.17. The van der Waals surface area contributed by atoms with Crippen molar-refractivity contribution < 1.29 is 28.2 Å². The van der Waals surface area contributed by atoms with Crippen LogP contribution in [0.1, 0.15) is 17.3 Å². The van der Waals surface area contributed by atoms with E-state index in [-0.39, 0.29) is 0 Å². The molecule has 0 bridgehead atoms. The summed E-state index contributed by atoms with van der Waals surface area (Å²) in [4.78, 5) is 21.6. The van der Waals surface area contributed by atoms with Crippen LogP contribution in [-0.2, 0) is 19.6 Å². The quantitative estimate of drug-likeness (QED) is 0.663. The third-order valence-corrected chi connectivity index (χ3v) is 4.16. The summed E-state index contributed by atoms with van der Waals surface area (Å²) in [6, 6.07) is 2.29. The van der Waals surface area contributed by atoms with Crippen molar-refractivity contribution in [2.24, 2.45) is 0 Å². The standard InChI is InChI=1S/C9H11NO6S2/c11-8(12)4-6(7-2-1-3-17-7)10-18(15,16)5-9(13)14/h1-3,6,10H,4-5H2,(H,11,12)(H,13,14). The summed E-state index contributed by atoms with van der Waals surface area (Å²) >= 11 is 1.19. The first kappa shape index (κ1) is 14.6. The van der Waals surface area contributed by atoms with Crippen LogP contribution in [0.15, 0.2) is 17.5 Å². The number of carbonyl (C=O) groups is 2. The zero-order valence-electron chi connectivity index (χ0n) is 9.07. The highest BCUT2D eigenvalue weighted by atomic mass is 32.2. The first-order valence-corrected chi connectivity index (χ1v) is 7.30. The highest BCUT2D eigenvalue weighted by Crippen LogP contribution is 2.22. The number of hydrogen-bond donors (Lipinski definition) is 3. The lowest BCUT2D eigenvalue weighted by molar-refractivity contribution is -0.137. The van der Waals surface area contributed by atoms with Crippen LogP contribution in [0.25, 0.3) is 0 Å². The van der Waals surface area contributed by atoms with Crippen molar-refractivity contribution in [3.05, 3.63) is 22.4 Å². The molecule has 1 rings (SSSR count). The summed E-state index contributed by atoms with van der Waals surface area (Å²) < 4.78 is 25.0. The first-order valence-electron chi connectivity index (χ1n) is 4.77. The molecule has 0 radical (unpaired) electrons. The van der Waals surface area contributed by atoms with Gasteiger partial charge in [0.2, 0.25) is 10.0 Å². The Labute approximate surface area is 107 Å². The maximum atomic E-state index is 11.4. The van der Waals surface area contributed by atoms with E-state index in [1.807, 2.05) is 0 Å². The predicted octanol–water partition coefficient (Wildman–Crippen LogP) is 0.268. The van der Waals surface area contributed by atoms with Crippen LogP contribution in [0, 0.1) is 0 Å². The maximum absolute atomic E-state index is 11.4. The zero-order chi connectivity index (χ0) is 13.8. The fourth-order valence-corrected chi connectivity index (χ4v) is 3.19. The van der Waals surface area contributed by atoms with E-state index >= 15 is 0 Å². The Morgan fingerprint density at radius 1 is 1.33 bits per heavy atom. The lowest BCUT2D eigenvalue weighted by atomic mass is 10.2. The van der Waals surface area contributed by atoms with Gasteiger partial charge >= 0.3 is 11.9 Å². The number of rotatable bonds is 7. The van der Waals surface area contributed by atoms with Gasteiger partial charge in [0, 0.05) is 4.88 Å². The summed E-state index contributed by atoms with van der Waals surface area (Å²) in [7, 11) is -4.06. The van der Waals surface area contributed by atoms with Crippen LogP contribution in [0.2, 0.25) is 0 Å². The molecule has 0 aliphatic heterocycles. The van der Waals surface area contributed by atoms with Crippen LogP contribution in [0.5, 0.6) is 0 Å². The van der Waals surface area contributed by atoms with Gasteiger partial charge in [0.25, 0.3) is 0 Å². The Kier molecular flexibility index (Phi) is 4.82. The molecule has 100 valence electrons. The molecule has 1 atom stereocenters. The monoisotopic (exact) mass is 293 g/mol. The van der Waals surface area contributed by atoms with E-state index in [1.54, 1.807) is 17.5 Å². The van der Waals surface area contributed by atoms with E-state index in [0.29, 0.717) is 4.88 Å². The molecular formula is C9H11NO6S2. The maximum Gasteiger partial charge on any atom is 0.320 e. The van der Waals surface area contributed by atoms with Crippen molar-refractivity contribution in [1.29, 1.82) is 0 Å². The molecule has 0 aliphatic carbocycles. The van der Waals surface area contributed by atoms with E-state index < -0.39 is 40.2 Å². The van der Waals surface area contributed by atoms with Crippen LogP contribution in [-0.4, -0.2) is 36.3 Å². The fourth-order valence-electron chi connectivity index (χ4n) is 1.29. The molecule has 0 saturated carbocycles. The molecule has 0 aromatic carbocycles. The molecule has 3 N–H and O–H groups in total. The van der Waals surface area contributed by atoms with Crippen molar-refractivity contribution in [2.75, 3.05) is 5.75 Å². The van der Waals surface area contributed by atoms with Gasteiger partial charge in [-0.1, -0.05) is 6.07 Å². The summed E-state index contributed by atoms with van der Waals surface area (Å²) in [5, 5.41) is 18.8. The summed E-state index contributed by atoms with van der Waals surface area (Å²) in [5.41, 5.74) is 0. The SMILES string of the molecule is O=C(O)CC(NS(=O)(=O)CC(=O)O)c1cccs1. The number of aliphatic carboxylic acids is 2. The molecule has 0 aliphatic rings. The Bertz CT molecular complexity index is 521. The molecule has 0 spiro atoms. The van der Waals surface area contributed by atoms with Crippen molar-refractivity contribution in [3.63, 3.8) is 0 Å². The zero-order valence-corrected chi connectivity index (χ0v) is 10.7. The fraction of sp³-hybridized carbons (Fsp3) is 0.333. The van der Waals surface area contributed by atoms with Gasteiger partial charge < -0.3 is 10.2 Å². The second kappa shape index (κ2) is 5.94. The van der Waals surface area contributed by atoms with Crippen molar-refractivity contribution in [3.8, 4) is 0 Å². The van der Waals surface area contributed by atoms with Gasteiger partial charge in [-0.25, -0.2) is 13.1 Å². The molecule has 9 heteroatoms. The largest absolute Gasteiger partial charge is 0.481 e. The summed E-state index contributed by atoms with van der Waals surface area (Å²) in [6.07, 6.45) is -0.445. The van der Waals surface area contributed by atoms with Crippen LogP contribution < -0.4 is 4.72 Å². The molecule has 1 unspecified atom stereocenters. The summed E-state index contributed by atoms with van der Waals surface area (Å²) in [5.74, 6) is -3.76. The van der Waals surface area contributed by atoms with Gasteiger partial charge in [-0.05, 0) is 11.4 Å². The molecule has 0 amide bonds. The van der Waals surface area contributed by atoms with E-state index in [0.717, 1.165) is 0 Å². The van der Waals surface area contributed by atoms with Gasteiger partial charge in [0.15, 0.2) is 5.75 Å². The molecule has 18 heavy (non-hydrogen) atoms. The van der Waals surface area contributed by atoms with Crippen LogP contribution in [0.3, 0.4) is 0 Å². The smallest absolute Gasteiger partial charge is 0.320 e. The van der Waals surface area contributed by atoms with E-state index in [9.17, 15) is 18.0 Å². The van der Waals surface area contributed by atoms with E-state index in [2.05, 4.69) is 4.72 Å². The van der Waals surface area contributed by atoms with E-state index in [4.69, 9.17) is 10.2 Å². The topological polar surface area (TPSA) is 121 Å². The van der Waals surface area contributed by atoms with Gasteiger partial charge in [0.05, 0.1) is 12.5 Å². The number of nitrogens with one attached hydrogen (secondary N) is 1. The minimum atomic E-state index is -4.06. The van der Waals surface area contributed by atoms with Crippen molar-refractivity contribution in [2.45, 2.75) is 12.5 Å². The molecule has 0 fully saturated rings. The molecule has 7 nitrogen and oxygen atoms in total. The Balaban J connectivity index is 2.86. The van der Waals surface area contributed by atoms with Crippen molar-refractivity contribution >= 4 is 33.3 Å². The molecule has 1 aromatic rings. The summed E-state index contributed by atoms with van der Waals surface area (Å²) in [6.45, 7) is 0. The number of sulfonamides is 1. The highest BCUT2D eigenvalue weighted by Gasteiger charge is 2.24. The Morgan fingerprint density at radius 3 is 2.44 bits per heavy atom. The van der Waals surface area contributed by atoms with Gasteiger partial charge in [-0.2, -0.15) is 0 Å². The lowest BCUT2D eigenvalue weighted by Gasteiger charge is -2.14. The highest BCUT2D eigenvalue weighted by molar-refractivity contribution is 7.90. The lowest BCUT2D eigenvalue weighted by Crippen LogP contribution is -2.34.